The first-order valence-corrected chi connectivity index (χ1v) is 9.36. The summed E-state index contributed by atoms with van der Waals surface area (Å²) in [5.41, 5.74) is 5.32. The molecule has 0 aliphatic carbocycles. The molecular formula is C19H18FN3O4S. The van der Waals surface area contributed by atoms with Crippen molar-refractivity contribution >= 4 is 35.2 Å². The summed E-state index contributed by atoms with van der Waals surface area (Å²) >= 11 is 1.40. The van der Waals surface area contributed by atoms with Gasteiger partial charge in [0, 0.05) is 10.5 Å². The summed E-state index contributed by atoms with van der Waals surface area (Å²) in [5, 5.41) is 2.53. The van der Waals surface area contributed by atoms with Crippen LogP contribution in [0.15, 0.2) is 47.4 Å². The number of rotatable bonds is 4. The smallest absolute Gasteiger partial charge is 0.279 e. The maximum absolute atomic E-state index is 13.6. The average Bonchev–Trinajstić information content (AvgIpc) is 2.68. The lowest BCUT2D eigenvalue weighted by atomic mass is 10.2. The van der Waals surface area contributed by atoms with Crippen LogP contribution in [0, 0.1) is 5.82 Å². The zero-order valence-electron chi connectivity index (χ0n) is 15.1. The third kappa shape index (κ3) is 4.42. The fourth-order valence-electron chi connectivity index (χ4n) is 2.43. The molecule has 7 nitrogen and oxygen atoms in total. The van der Waals surface area contributed by atoms with Gasteiger partial charge in [0.1, 0.15) is 0 Å². The summed E-state index contributed by atoms with van der Waals surface area (Å²) in [6.07, 6.45) is -1.03. The van der Waals surface area contributed by atoms with Crippen molar-refractivity contribution in [3.63, 3.8) is 0 Å². The van der Waals surface area contributed by atoms with Crippen molar-refractivity contribution in [3.05, 3.63) is 53.8 Å². The molecule has 0 bridgehead atoms. The second-order valence-corrected chi connectivity index (χ2v) is 7.48. The Morgan fingerprint density at radius 1 is 1.21 bits per heavy atom. The molecule has 2 atom stereocenters. The van der Waals surface area contributed by atoms with Crippen molar-refractivity contribution in [2.24, 2.45) is 0 Å². The van der Waals surface area contributed by atoms with E-state index < -0.39 is 23.7 Å². The molecule has 2 aromatic carbocycles. The molecule has 1 aliphatic heterocycles. The highest BCUT2D eigenvalue weighted by molar-refractivity contribution is 8.00. The van der Waals surface area contributed by atoms with E-state index in [0.29, 0.717) is 5.69 Å². The van der Waals surface area contributed by atoms with E-state index >= 15 is 0 Å². The summed E-state index contributed by atoms with van der Waals surface area (Å²) in [7, 11) is 0. The van der Waals surface area contributed by atoms with Crippen molar-refractivity contribution in [2.75, 3.05) is 5.32 Å². The predicted molar refractivity (Wildman–Crippen MR) is 102 cm³/mol. The van der Waals surface area contributed by atoms with Gasteiger partial charge < -0.3 is 10.1 Å². The van der Waals surface area contributed by atoms with Crippen molar-refractivity contribution < 1.29 is 23.5 Å². The van der Waals surface area contributed by atoms with Gasteiger partial charge in [0.05, 0.1) is 10.9 Å². The Morgan fingerprint density at radius 3 is 2.71 bits per heavy atom. The van der Waals surface area contributed by atoms with Gasteiger partial charge in [-0.1, -0.05) is 12.1 Å². The number of hydrogen-bond acceptors (Lipinski definition) is 5. The van der Waals surface area contributed by atoms with E-state index in [-0.39, 0.29) is 22.5 Å². The Hall–Kier alpha value is -3.07. The van der Waals surface area contributed by atoms with E-state index in [9.17, 15) is 18.8 Å². The predicted octanol–water partition coefficient (Wildman–Crippen LogP) is 2.49. The van der Waals surface area contributed by atoms with Crippen LogP contribution in [0.25, 0.3) is 0 Å². The summed E-state index contributed by atoms with van der Waals surface area (Å²) in [5.74, 6) is -2.00. The monoisotopic (exact) mass is 403 g/mol. The van der Waals surface area contributed by atoms with Crippen LogP contribution in [-0.2, 0) is 9.59 Å². The number of carbonyl (C=O) groups excluding carboxylic acids is 3. The van der Waals surface area contributed by atoms with Crippen LogP contribution < -0.4 is 20.9 Å². The lowest BCUT2D eigenvalue weighted by molar-refractivity contribution is -0.128. The Bertz CT molecular complexity index is 937. The van der Waals surface area contributed by atoms with Gasteiger partial charge in [-0.25, -0.2) is 4.39 Å². The molecule has 2 aromatic rings. The van der Waals surface area contributed by atoms with Crippen LogP contribution >= 0.6 is 11.8 Å². The van der Waals surface area contributed by atoms with E-state index in [4.69, 9.17) is 4.74 Å². The number of benzene rings is 2. The Labute approximate surface area is 165 Å². The normalized spacial score (nSPS) is 16.4. The number of nitrogens with one attached hydrogen (secondary N) is 3. The number of halogens is 1. The van der Waals surface area contributed by atoms with E-state index in [0.717, 1.165) is 4.90 Å². The second-order valence-electron chi connectivity index (χ2n) is 6.09. The van der Waals surface area contributed by atoms with Crippen LogP contribution in [0.1, 0.15) is 24.2 Å². The van der Waals surface area contributed by atoms with Crippen molar-refractivity contribution in [2.45, 2.75) is 30.1 Å². The van der Waals surface area contributed by atoms with Crippen LogP contribution in [-0.4, -0.2) is 29.1 Å². The third-order valence-corrected chi connectivity index (χ3v) is 5.16. The van der Waals surface area contributed by atoms with E-state index in [2.05, 4.69) is 16.2 Å². The fraction of sp³-hybridized carbons (Fsp3) is 0.211. The molecule has 3 rings (SSSR count). The zero-order valence-corrected chi connectivity index (χ0v) is 15.9. The lowest BCUT2D eigenvalue weighted by Crippen LogP contribution is -2.47. The number of anilines is 1. The molecule has 0 fully saturated rings. The number of hydrazine groups is 1. The second kappa shape index (κ2) is 8.30. The number of thioether (sulfide) groups is 1. The van der Waals surface area contributed by atoms with Gasteiger partial charge in [0.15, 0.2) is 17.7 Å². The summed E-state index contributed by atoms with van der Waals surface area (Å²) < 4.78 is 18.8. The van der Waals surface area contributed by atoms with E-state index in [1.807, 2.05) is 0 Å². The van der Waals surface area contributed by atoms with E-state index in [1.54, 1.807) is 25.1 Å². The minimum Gasteiger partial charge on any atom is -0.478 e. The first kappa shape index (κ1) is 19.7. The first-order valence-electron chi connectivity index (χ1n) is 8.48. The molecule has 28 heavy (non-hydrogen) atoms. The number of amides is 3. The van der Waals surface area contributed by atoms with Crippen molar-refractivity contribution in [1.82, 2.24) is 10.9 Å². The lowest BCUT2D eigenvalue weighted by Gasteiger charge is -2.21. The molecule has 1 heterocycles. The van der Waals surface area contributed by atoms with Gasteiger partial charge in [0.2, 0.25) is 5.91 Å². The molecular weight excluding hydrogens is 385 g/mol. The standard InChI is InChI=1S/C19H18FN3O4S/c1-10(27-15-6-4-3-5-13(15)20)17(24)22-23-19(26)12-7-8-16-14(9-12)21-18(25)11(2)28-16/h3-11H,1-2H3,(H,21,25)(H,22,24)(H,23,26)/t10-,11-/m0/s1. The highest BCUT2D eigenvalue weighted by Gasteiger charge is 2.24. The molecule has 9 heteroatoms. The first-order chi connectivity index (χ1) is 13.3. The molecule has 3 amide bonds. The average molecular weight is 403 g/mol. The fourth-order valence-corrected chi connectivity index (χ4v) is 3.36. The van der Waals surface area contributed by atoms with Gasteiger partial charge in [-0.05, 0) is 44.2 Å². The van der Waals surface area contributed by atoms with Crippen LogP contribution in [0.4, 0.5) is 10.1 Å². The Balaban J connectivity index is 1.58. The maximum atomic E-state index is 13.6. The van der Waals surface area contributed by atoms with Crippen LogP contribution in [0.5, 0.6) is 5.75 Å². The molecule has 3 N–H and O–H groups in total. The van der Waals surface area contributed by atoms with Gasteiger partial charge in [-0.3, -0.25) is 25.2 Å². The molecule has 0 spiro atoms. The van der Waals surface area contributed by atoms with Crippen LogP contribution in [0.2, 0.25) is 0 Å². The maximum Gasteiger partial charge on any atom is 0.279 e. The quantitative estimate of drug-likeness (QED) is 0.682. The zero-order chi connectivity index (χ0) is 20.3. The molecule has 0 saturated carbocycles. The van der Waals surface area contributed by atoms with Crippen molar-refractivity contribution in [3.8, 4) is 5.75 Å². The molecule has 1 aliphatic rings. The topological polar surface area (TPSA) is 96.5 Å². The summed E-state index contributed by atoms with van der Waals surface area (Å²) in [6, 6.07) is 10.6. The minimum atomic E-state index is -1.03. The molecule has 0 unspecified atom stereocenters. The van der Waals surface area contributed by atoms with Gasteiger partial charge in [0.25, 0.3) is 11.8 Å². The van der Waals surface area contributed by atoms with Gasteiger partial charge in [-0.15, -0.1) is 11.8 Å². The molecule has 0 aromatic heterocycles. The Morgan fingerprint density at radius 2 is 1.96 bits per heavy atom. The Kier molecular flexibility index (Phi) is 5.84. The van der Waals surface area contributed by atoms with Crippen LogP contribution in [0.3, 0.4) is 0 Å². The summed E-state index contributed by atoms with van der Waals surface area (Å²) in [4.78, 5) is 37.0. The number of para-hydroxylation sites is 1. The van der Waals surface area contributed by atoms with Gasteiger partial charge >= 0.3 is 0 Å². The SMILES string of the molecule is C[C@H](Oc1ccccc1F)C(=O)NNC(=O)c1ccc2c(c1)NC(=O)[C@H](C)S2. The van der Waals surface area contributed by atoms with Gasteiger partial charge in [-0.2, -0.15) is 0 Å². The van der Waals surface area contributed by atoms with E-state index in [1.165, 1.54) is 43.0 Å². The third-order valence-electron chi connectivity index (χ3n) is 3.98. The highest BCUT2D eigenvalue weighted by Crippen LogP contribution is 2.35. The molecule has 0 radical (unpaired) electrons. The summed E-state index contributed by atoms with van der Waals surface area (Å²) in [6.45, 7) is 3.23. The number of ether oxygens (including phenoxy) is 1. The molecule has 146 valence electrons. The number of fused-ring (bicyclic) bond motifs is 1. The number of hydrogen-bond donors (Lipinski definition) is 3. The highest BCUT2D eigenvalue weighted by atomic mass is 32.2. The van der Waals surface area contributed by atoms with Crippen molar-refractivity contribution in [1.29, 1.82) is 0 Å². The number of carbonyl (C=O) groups is 3. The molecule has 0 saturated heterocycles. The largest absolute Gasteiger partial charge is 0.478 e. The minimum absolute atomic E-state index is 0.0615.